The number of H-pyrrole nitrogens is 1. The fraction of sp³-hybridized carbons (Fsp3) is 0.154. The van der Waals surface area contributed by atoms with E-state index in [4.69, 9.17) is 0 Å². The molecule has 0 fully saturated rings. The van der Waals surface area contributed by atoms with E-state index in [1.807, 2.05) is 19.1 Å². The summed E-state index contributed by atoms with van der Waals surface area (Å²) in [4.78, 5) is 15.4. The molecule has 0 atom stereocenters. The van der Waals surface area contributed by atoms with Gasteiger partial charge in [-0.1, -0.05) is 0 Å². The predicted molar refractivity (Wildman–Crippen MR) is 74.7 cm³/mol. The van der Waals surface area contributed by atoms with Crippen LogP contribution in [0.15, 0.2) is 23.3 Å². The Labute approximate surface area is 110 Å². The summed E-state index contributed by atoms with van der Waals surface area (Å²) in [6.07, 6.45) is 5.24. The number of hydrogen-bond donors (Lipinski definition) is 3. The molecule has 3 heterocycles. The van der Waals surface area contributed by atoms with Crippen molar-refractivity contribution in [2.75, 3.05) is 11.9 Å². The molecule has 0 aliphatic carbocycles. The van der Waals surface area contributed by atoms with Crippen LogP contribution in [0.3, 0.4) is 0 Å². The van der Waals surface area contributed by atoms with Gasteiger partial charge in [0.2, 0.25) is 11.8 Å². The van der Waals surface area contributed by atoms with Crippen molar-refractivity contribution in [2.24, 2.45) is 4.99 Å². The van der Waals surface area contributed by atoms with E-state index in [1.165, 1.54) is 0 Å². The zero-order valence-electron chi connectivity index (χ0n) is 10.4. The maximum absolute atomic E-state index is 9.78. The Kier molecular flexibility index (Phi) is 2.75. The summed E-state index contributed by atoms with van der Waals surface area (Å²) in [5, 5.41) is 12.8. The van der Waals surface area contributed by atoms with Crippen LogP contribution in [0.2, 0.25) is 0 Å². The van der Waals surface area contributed by atoms with Crippen molar-refractivity contribution in [2.45, 2.75) is 6.92 Å². The third-order valence-electron chi connectivity index (χ3n) is 2.78. The first-order valence-electron chi connectivity index (χ1n) is 6.02. The molecule has 3 N–H and O–H groups in total. The molecule has 1 aliphatic heterocycles. The minimum Gasteiger partial charge on any atom is -0.492 e. The Balaban J connectivity index is 1.97. The minimum absolute atomic E-state index is 0.0332. The van der Waals surface area contributed by atoms with Gasteiger partial charge in [-0.25, -0.2) is 9.98 Å². The Hall–Kier alpha value is -2.63. The standard InChI is InChI=1S/C13H13N5O/c1-2-14-13-17-10(12(19)18-13)6-8-7-16-11-9(8)4-3-5-15-11/h3-7,19H,2H2,1H3,(H2,14,17,18). The van der Waals surface area contributed by atoms with Crippen LogP contribution in [0.1, 0.15) is 18.2 Å². The molecule has 3 rings (SSSR count). The van der Waals surface area contributed by atoms with Crippen LogP contribution >= 0.6 is 0 Å². The lowest BCUT2D eigenvalue weighted by molar-refractivity contribution is 0.455. The first kappa shape index (κ1) is 11.5. The number of nitrogens with one attached hydrogen (secondary N) is 2. The first-order valence-corrected chi connectivity index (χ1v) is 6.02. The summed E-state index contributed by atoms with van der Waals surface area (Å²) in [6.45, 7) is 2.69. The number of aliphatic imine (C=N–C) groups is 1. The van der Waals surface area contributed by atoms with Crippen LogP contribution in [0.5, 0.6) is 5.88 Å². The normalized spacial score (nSPS) is 14.9. The summed E-state index contributed by atoms with van der Waals surface area (Å²) < 4.78 is 0. The van der Waals surface area contributed by atoms with Gasteiger partial charge in [-0.05, 0) is 25.1 Å². The Morgan fingerprint density at radius 2 is 2.37 bits per heavy atom. The van der Waals surface area contributed by atoms with E-state index < -0.39 is 0 Å². The van der Waals surface area contributed by atoms with Crippen molar-refractivity contribution in [3.63, 3.8) is 0 Å². The van der Waals surface area contributed by atoms with E-state index in [2.05, 4.69) is 25.3 Å². The second-order valence-electron chi connectivity index (χ2n) is 4.09. The van der Waals surface area contributed by atoms with Gasteiger partial charge in [-0.3, -0.25) is 0 Å². The molecule has 1 aliphatic rings. The second kappa shape index (κ2) is 4.56. The van der Waals surface area contributed by atoms with Crippen LogP contribution in [-0.2, 0) is 0 Å². The average molecular weight is 255 g/mol. The van der Waals surface area contributed by atoms with Crippen molar-refractivity contribution in [1.82, 2.24) is 15.0 Å². The van der Waals surface area contributed by atoms with Gasteiger partial charge in [0.05, 0.1) is 0 Å². The third-order valence-corrected chi connectivity index (χ3v) is 2.78. The molecule has 6 heteroatoms. The molecular formula is C13H13N5O. The van der Waals surface area contributed by atoms with E-state index >= 15 is 0 Å². The highest BCUT2D eigenvalue weighted by molar-refractivity contribution is 6.20. The van der Waals surface area contributed by atoms with Crippen molar-refractivity contribution in [3.05, 3.63) is 29.6 Å². The predicted octanol–water partition coefficient (Wildman–Crippen LogP) is 2.20. The number of aromatic hydroxyl groups is 1. The number of aromatic amines is 1. The largest absolute Gasteiger partial charge is 0.492 e. The van der Waals surface area contributed by atoms with Crippen LogP contribution in [-0.4, -0.2) is 32.8 Å². The highest BCUT2D eigenvalue weighted by atomic mass is 16.3. The van der Waals surface area contributed by atoms with Crippen LogP contribution in [0.4, 0.5) is 11.8 Å². The number of allylic oxidation sites excluding steroid dienone is 1. The first-order chi connectivity index (χ1) is 9.28. The number of nitrogens with zero attached hydrogens (tertiary/aromatic N) is 3. The van der Waals surface area contributed by atoms with Crippen molar-refractivity contribution in [1.29, 1.82) is 0 Å². The van der Waals surface area contributed by atoms with E-state index in [0.29, 0.717) is 17.5 Å². The molecule has 0 unspecified atom stereocenters. The number of anilines is 1. The number of hydrogen-bond acceptors (Lipinski definition) is 5. The summed E-state index contributed by atoms with van der Waals surface area (Å²) >= 11 is 0. The van der Waals surface area contributed by atoms with Gasteiger partial charge >= 0.3 is 0 Å². The molecular weight excluding hydrogens is 242 g/mol. The Morgan fingerprint density at radius 1 is 1.47 bits per heavy atom. The zero-order valence-corrected chi connectivity index (χ0v) is 10.4. The smallest absolute Gasteiger partial charge is 0.238 e. The van der Waals surface area contributed by atoms with Gasteiger partial charge < -0.3 is 15.4 Å². The molecule has 19 heavy (non-hydrogen) atoms. The SMILES string of the molecule is CCNc1nc(O)c(C=C2C=Nc3ncccc32)[nH]1. The van der Waals surface area contributed by atoms with Crippen molar-refractivity contribution in [3.8, 4) is 5.88 Å². The number of pyridine rings is 1. The van der Waals surface area contributed by atoms with Gasteiger partial charge in [-0.15, -0.1) is 0 Å². The lowest BCUT2D eigenvalue weighted by Crippen LogP contribution is -1.97. The number of aromatic nitrogens is 3. The van der Waals surface area contributed by atoms with Crippen molar-refractivity contribution < 1.29 is 5.11 Å². The fourth-order valence-corrected chi connectivity index (χ4v) is 1.93. The molecule has 2 aromatic rings. The van der Waals surface area contributed by atoms with Gasteiger partial charge in [0, 0.05) is 30.1 Å². The molecule has 0 radical (unpaired) electrons. The summed E-state index contributed by atoms with van der Waals surface area (Å²) in [5.41, 5.74) is 2.39. The second-order valence-corrected chi connectivity index (χ2v) is 4.09. The monoisotopic (exact) mass is 255 g/mol. The third kappa shape index (κ3) is 2.08. The Bertz CT molecular complexity index is 671. The topological polar surface area (TPSA) is 86.2 Å². The van der Waals surface area contributed by atoms with E-state index in [-0.39, 0.29) is 5.88 Å². The molecule has 0 saturated heterocycles. The van der Waals surface area contributed by atoms with E-state index in [1.54, 1.807) is 18.5 Å². The highest BCUT2D eigenvalue weighted by Gasteiger charge is 2.14. The van der Waals surface area contributed by atoms with Gasteiger partial charge in [0.1, 0.15) is 5.69 Å². The molecule has 0 aromatic carbocycles. The summed E-state index contributed by atoms with van der Waals surface area (Å²) in [5.74, 6) is 1.21. The fourth-order valence-electron chi connectivity index (χ4n) is 1.93. The lowest BCUT2D eigenvalue weighted by Gasteiger charge is -1.97. The van der Waals surface area contributed by atoms with E-state index in [0.717, 1.165) is 17.7 Å². The van der Waals surface area contributed by atoms with Gasteiger partial charge in [-0.2, -0.15) is 4.98 Å². The minimum atomic E-state index is -0.0332. The zero-order chi connectivity index (χ0) is 13.2. The Morgan fingerprint density at radius 3 is 3.21 bits per heavy atom. The molecule has 96 valence electrons. The molecule has 6 nitrogen and oxygen atoms in total. The van der Waals surface area contributed by atoms with Crippen molar-refractivity contribution >= 4 is 29.6 Å². The highest BCUT2D eigenvalue weighted by Crippen LogP contribution is 2.31. The number of rotatable bonds is 3. The molecule has 0 bridgehead atoms. The van der Waals surface area contributed by atoms with E-state index in [9.17, 15) is 5.11 Å². The summed E-state index contributed by atoms with van der Waals surface area (Å²) in [6, 6.07) is 3.80. The quantitative estimate of drug-likeness (QED) is 0.784. The molecule has 0 amide bonds. The summed E-state index contributed by atoms with van der Waals surface area (Å²) in [7, 11) is 0. The van der Waals surface area contributed by atoms with Crippen LogP contribution < -0.4 is 5.32 Å². The molecule has 0 saturated carbocycles. The van der Waals surface area contributed by atoms with Crippen LogP contribution in [0.25, 0.3) is 11.6 Å². The number of imidazole rings is 1. The maximum atomic E-state index is 9.78. The van der Waals surface area contributed by atoms with Gasteiger partial charge in [0.25, 0.3) is 0 Å². The average Bonchev–Trinajstić information content (AvgIpc) is 2.96. The lowest BCUT2D eigenvalue weighted by atomic mass is 10.1. The molecule has 0 spiro atoms. The molecule has 2 aromatic heterocycles. The van der Waals surface area contributed by atoms with Crippen LogP contribution in [0, 0.1) is 0 Å². The van der Waals surface area contributed by atoms with Gasteiger partial charge in [0.15, 0.2) is 5.82 Å². The maximum Gasteiger partial charge on any atom is 0.238 e. The number of fused-ring (bicyclic) bond motifs is 1.